The summed E-state index contributed by atoms with van der Waals surface area (Å²) in [6.07, 6.45) is 10.9. The molecule has 0 bridgehead atoms. The van der Waals surface area contributed by atoms with E-state index in [-0.39, 0.29) is 12.4 Å². The van der Waals surface area contributed by atoms with Crippen LogP contribution in [0, 0.1) is 0 Å². The summed E-state index contributed by atoms with van der Waals surface area (Å²) in [7, 11) is -3.35. The lowest BCUT2D eigenvalue weighted by Gasteiger charge is -2.21. The highest BCUT2D eigenvalue weighted by Crippen LogP contribution is 2.32. The molecule has 39 heavy (non-hydrogen) atoms. The molecule has 0 saturated carbocycles. The zero-order chi connectivity index (χ0) is 27.4. The Balaban J connectivity index is 0.00000533. The van der Waals surface area contributed by atoms with E-state index < -0.39 is 10.0 Å². The van der Waals surface area contributed by atoms with Crippen molar-refractivity contribution in [2.24, 2.45) is 0 Å². The van der Waals surface area contributed by atoms with Crippen LogP contribution in [0.2, 0.25) is 0 Å². The highest BCUT2D eigenvalue weighted by molar-refractivity contribution is 7.92. The lowest BCUT2D eigenvalue weighted by Crippen LogP contribution is -2.28. The molecule has 3 aromatic rings. The number of sulfonamides is 1. The number of ether oxygens (including phenoxy) is 1. The van der Waals surface area contributed by atoms with Crippen molar-refractivity contribution in [3.8, 4) is 5.75 Å². The van der Waals surface area contributed by atoms with Crippen molar-refractivity contribution in [3.05, 3.63) is 59.4 Å². The molecule has 0 fully saturated rings. The van der Waals surface area contributed by atoms with E-state index in [9.17, 15) is 8.42 Å². The summed E-state index contributed by atoms with van der Waals surface area (Å²) in [6, 6.07) is 13.8. The zero-order valence-corrected chi connectivity index (χ0v) is 25.8. The minimum atomic E-state index is -3.35. The largest absolute Gasteiger partial charge is 0.494 e. The number of hydrogen-bond donors (Lipinski definition) is 1. The van der Waals surface area contributed by atoms with Crippen LogP contribution in [0.3, 0.4) is 0 Å². The van der Waals surface area contributed by atoms with Gasteiger partial charge < -0.3 is 14.1 Å². The average Bonchev–Trinajstić information content (AvgIpc) is 3.22. The number of hydrogen-bond acceptors (Lipinski definition) is 5. The molecular formula is C31H47ClN2O4S. The van der Waals surface area contributed by atoms with Crippen LogP contribution in [0.25, 0.3) is 11.0 Å². The fourth-order valence-corrected chi connectivity index (χ4v) is 5.25. The second kappa shape index (κ2) is 16.8. The Morgan fingerprint density at radius 2 is 1.51 bits per heavy atom. The maximum absolute atomic E-state index is 11.8. The van der Waals surface area contributed by atoms with E-state index in [0.717, 1.165) is 73.3 Å². The van der Waals surface area contributed by atoms with Crippen molar-refractivity contribution in [1.82, 2.24) is 4.90 Å². The number of benzene rings is 2. The second-order valence-electron chi connectivity index (χ2n) is 10.3. The van der Waals surface area contributed by atoms with Gasteiger partial charge in [-0.3, -0.25) is 4.72 Å². The standard InChI is InChI=1S/C31H46N2O4S.ClH/c1-5-8-12-30-28(29-24-26(32-38(4,34)35)15-18-31(29)37-30)23-25-13-16-27(17-14-25)36-22-11-21-33(19-9-6-2)20-10-7-3;/h13-18,24,32H,5-12,19-23H2,1-4H3;1H. The Hall–Kier alpha value is -2.22. The summed E-state index contributed by atoms with van der Waals surface area (Å²) < 4.78 is 38.4. The van der Waals surface area contributed by atoms with Crippen molar-refractivity contribution in [3.63, 3.8) is 0 Å². The molecular weight excluding hydrogens is 532 g/mol. The van der Waals surface area contributed by atoms with Gasteiger partial charge in [-0.15, -0.1) is 12.4 Å². The molecule has 1 N–H and O–H groups in total. The normalized spacial score (nSPS) is 11.6. The zero-order valence-electron chi connectivity index (χ0n) is 24.1. The minimum Gasteiger partial charge on any atom is -0.494 e. The third kappa shape index (κ3) is 11.1. The Morgan fingerprint density at radius 3 is 2.13 bits per heavy atom. The molecule has 0 spiro atoms. The van der Waals surface area contributed by atoms with Crippen molar-refractivity contribution < 1.29 is 17.6 Å². The lowest BCUT2D eigenvalue weighted by atomic mass is 9.99. The molecule has 0 amide bonds. The molecule has 218 valence electrons. The monoisotopic (exact) mass is 578 g/mol. The molecule has 0 atom stereocenters. The summed E-state index contributed by atoms with van der Waals surface area (Å²) in [5, 5.41) is 0.959. The Labute approximate surface area is 242 Å². The molecule has 0 aliphatic heterocycles. The van der Waals surface area contributed by atoms with Crippen LogP contribution in [0.4, 0.5) is 5.69 Å². The highest BCUT2D eigenvalue weighted by atomic mass is 35.5. The molecule has 3 rings (SSSR count). The van der Waals surface area contributed by atoms with E-state index in [1.165, 1.54) is 50.6 Å². The molecule has 0 saturated heterocycles. The fourth-order valence-electron chi connectivity index (χ4n) is 4.69. The van der Waals surface area contributed by atoms with Crippen LogP contribution in [0.1, 0.15) is 82.6 Å². The number of halogens is 1. The van der Waals surface area contributed by atoms with Crippen LogP contribution in [-0.4, -0.2) is 45.8 Å². The number of rotatable bonds is 18. The fraction of sp³-hybridized carbons (Fsp3) is 0.548. The molecule has 1 heterocycles. The smallest absolute Gasteiger partial charge is 0.229 e. The van der Waals surface area contributed by atoms with Gasteiger partial charge in [0.05, 0.1) is 12.9 Å². The quantitative estimate of drug-likeness (QED) is 0.156. The van der Waals surface area contributed by atoms with Crippen molar-refractivity contribution in [2.45, 2.75) is 78.6 Å². The second-order valence-corrected chi connectivity index (χ2v) is 12.0. The summed E-state index contributed by atoms with van der Waals surface area (Å²) in [4.78, 5) is 2.57. The SMILES string of the molecule is CCCCc1oc2ccc(NS(C)(=O)=O)cc2c1Cc1ccc(OCCCN(CCCC)CCCC)cc1.Cl. The Kier molecular flexibility index (Phi) is 14.2. The van der Waals surface area contributed by atoms with E-state index in [0.29, 0.717) is 5.69 Å². The number of unbranched alkanes of at least 4 members (excludes halogenated alkanes) is 3. The van der Waals surface area contributed by atoms with Gasteiger partial charge >= 0.3 is 0 Å². The number of furan rings is 1. The first-order chi connectivity index (χ1) is 18.3. The van der Waals surface area contributed by atoms with Gasteiger partial charge in [-0.2, -0.15) is 0 Å². The number of anilines is 1. The van der Waals surface area contributed by atoms with E-state index in [1.54, 1.807) is 6.07 Å². The topological polar surface area (TPSA) is 71.8 Å². The third-order valence-corrected chi connectivity index (χ3v) is 7.39. The molecule has 2 aromatic carbocycles. The van der Waals surface area contributed by atoms with Crippen LogP contribution in [0.15, 0.2) is 46.9 Å². The van der Waals surface area contributed by atoms with Crippen LogP contribution < -0.4 is 9.46 Å². The van der Waals surface area contributed by atoms with Crippen LogP contribution in [-0.2, 0) is 22.9 Å². The van der Waals surface area contributed by atoms with Gasteiger partial charge in [0, 0.05) is 36.0 Å². The first-order valence-corrected chi connectivity index (χ1v) is 16.2. The summed E-state index contributed by atoms with van der Waals surface area (Å²) in [6.45, 7) is 10.8. The Bertz CT molecular complexity index is 1220. The van der Waals surface area contributed by atoms with E-state index in [2.05, 4.69) is 42.5 Å². The van der Waals surface area contributed by atoms with Crippen molar-refractivity contribution in [2.75, 3.05) is 37.2 Å². The maximum atomic E-state index is 11.8. The van der Waals surface area contributed by atoms with Crippen molar-refractivity contribution in [1.29, 1.82) is 0 Å². The average molecular weight is 579 g/mol. The molecule has 1 aromatic heterocycles. The maximum Gasteiger partial charge on any atom is 0.229 e. The van der Waals surface area contributed by atoms with Gasteiger partial charge in [-0.05, 0) is 74.7 Å². The first kappa shape index (κ1) is 33.0. The minimum absolute atomic E-state index is 0. The van der Waals surface area contributed by atoms with Crippen LogP contribution in [0.5, 0.6) is 5.75 Å². The van der Waals surface area contributed by atoms with Gasteiger partial charge in [0.25, 0.3) is 0 Å². The van der Waals surface area contributed by atoms with Crippen molar-refractivity contribution >= 4 is 39.1 Å². The van der Waals surface area contributed by atoms with Gasteiger partial charge in [-0.1, -0.05) is 52.2 Å². The van der Waals surface area contributed by atoms with Gasteiger partial charge in [0.2, 0.25) is 10.0 Å². The number of fused-ring (bicyclic) bond motifs is 1. The summed E-state index contributed by atoms with van der Waals surface area (Å²) in [5.41, 5.74) is 3.64. The van der Waals surface area contributed by atoms with Gasteiger partial charge in [-0.25, -0.2) is 8.42 Å². The predicted molar refractivity (Wildman–Crippen MR) is 166 cm³/mol. The first-order valence-electron chi connectivity index (χ1n) is 14.3. The molecule has 0 radical (unpaired) electrons. The summed E-state index contributed by atoms with van der Waals surface area (Å²) >= 11 is 0. The Morgan fingerprint density at radius 1 is 0.872 bits per heavy atom. The predicted octanol–water partition coefficient (Wildman–Crippen LogP) is 7.83. The lowest BCUT2D eigenvalue weighted by molar-refractivity contribution is 0.229. The van der Waals surface area contributed by atoms with Crippen LogP contribution >= 0.6 is 12.4 Å². The molecule has 0 aliphatic rings. The molecule has 8 heteroatoms. The van der Waals surface area contributed by atoms with E-state index >= 15 is 0 Å². The summed E-state index contributed by atoms with van der Waals surface area (Å²) in [5.74, 6) is 1.87. The molecule has 6 nitrogen and oxygen atoms in total. The third-order valence-electron chi connectivity index (χ3n) is 6.78. The number of nitrogens with zero attached hydrogens (tertiary/aromatic N) is 1. The highest BCUT2D eigenvalue weighted by Gasteiger charge is 2.16. The molecule has 0 aliphatic carbocycles. The molecule has 0 unspecified atom stereocenters. The van der Waals surface area contributed by atoms with Gasteiger partial charge in [0.15, 0.2) is 0 Å². The number of aryl methyl sites for hydroxylation is 1. The van der Waals surface area contributed by atoms with E-state index in [4.69, 9.17) is 9.15 Å². The number of nitrogens with one attached hydrogen (secondary N) is 1. The van der Waals surface area contributed by atoms with E-state index in [1.807, 2.05) is 24.3 Å². The van der Waals surface area contributed by atoms with Gasteiger partial charge in [0.1, 0.15) is 17.1 Å².